The summed E-state index contributed by atoms with van der Waals surface area (Å²) in [6.07, 6.45) is 8.27. The number of fused-ring (bicyclic) bond motifs is 3. The fourth-order valence-electron chi connectivity index (χ4n) is 4.66. The third-order valence-corrected chi connectivity index (χ3v) is 6.61. The van der Waals surface area contributed by atoms with Crippen LogP contribution in [0.1, 0.15) is 46.4 Å². The topological polar surface area (TPSA) is 84.1 Å². The summed E-state index contributed by atoms with van der Waals surface area (Å²) in [5.41, 5.74) is 5.92. The Morgan fingerprint density at radius 3 is 2.71 bits per heavy atom. The van der Waals surface area contributed by atoms with E-state index in [1.165, 1.54) is 5.56 Å². The van der Waals surface area contributed by atoms with E-state index in [0.717, 1.165) is 54.6 Å². The summed E-state index contributed by atoms with van der Waals surface area (Å²) in [7, 11) is 0. The van der Waals surface area contributed by atoms with Crippen molar-refractivity contribution in [1.82, 2.24) is 24.6 Å². The van der Waals surface area contributed by atoms with Gasteiger partial charge in [-0.15, -0.1) is 0 Å². The highest BCUT2D eigenvalue weighted by Crippen LogP contribution is 2.31. The first-order chi connectivity index (χ1) is 15.2. The Balaban J connectivity index is 1.46. The number of carbonyl (C=O) groups excluding carboxylic acids is 1. The summed E-state index contributed by atoms with van der Waals surface area (Å²) < 4.78 is 1.67. The van der Waals surface area contributed by atoms with Gasteiger partial charge in [0.2, 0.25) is 0 Å². The van der Waals surface area contributed by atoms with Crippen LogP contribution in [0.15, 0.2) is 36.7 Å². The van der Waals surface area contributed by atoms with Gasteiger partial charge in [0, 0.05) is 31.5 Å². The SMILES string of the molecule is Cc1c(C(=O)N2CCC(CO)CC2)cnn1-c1ncc2c(n1)-c1ccccc1CCC2. The predicted molar refractivity (Wildman–Crippen MR) is 117 cm³/mol. The van der Waals surface area contributed by atoms with Gasteiger partial charge in [0.1, 0.15) is 0 Å². The highest BCUT2D eigenvalue weighted by molar-refractivity contribution is 5.95. The van der Waals surface area contributed by atoms with Crippen molar-refractivity contribution >= 4 is 5.91 Å². The second-order valence-corrected chi connectivity index (χ2v) is 8.53. The van der Waals surface area contributed by atoms with Crippen LogP contribution in [0.5, 0.6) is 0 Å². The van der Waals surface area contributed by atoms with E-state index in [0.29, 0.717) is 30.5 Å². The molecule has 0 atom stereocenters. The van der Waals surface area contributed by atoms with Crippen LogP contribution in [-0.2, 0) is 12.8 Å². The van der Waals surface area contributed by atoms with Gasteiger partial charge in [-0.2, -0.15) is 5.10 Å². The Morgan fingerprint density at radius 2 is 1.90 bits per heavy atom. The number of aliphatic hydroxyl groups is 1. The standard InChI is InChI=1S/C24H27N5O2/c1-16-21(23(31)28-11-9-17(15-30)10-12-28)14-26-29(16)24-25-13-19-7-4-6-18-5-2-3-8-20(18)22(19)27-24/h2-3,5,8,13-14,17,30H,4,6-7,9-12,15H2,1H3. The van der Waals surface area contributed by atoms with Crippen LogP contribution in [-0.4, -0.2) is 55.4 Å². The maximum Gasteiger partial charge on any atom is 0.257 e. The molecule has 2 aromatic heterocycles. The van der Waals surface area contributed by atoms with E-state index < -0.39 is 0 Å². The van der Waals surface area contributed by atoms with Crippen molar-refractivity contribution in [3.05, 3.63) is 59.0 Å². The second-order valence-electron chi connectivity index (χ2n) is 8.53. The van der Waals surface area contributed by atoms with Gasteiger partial charge in [-0.25, -0.2) is 14.6 Å². The van der Waals surface area contributed by atoms with Crippen LogP contribution in [0.3, 0.4) is 0 Å². The molecule has 31 heavy (non-hydrogen) atoms. The number of aliphatic hydroxyl groups excluding tert-OH is 1. The number of rotatable bonds is 3. The molecule has 5 rings (SSSR count). The largest absolute Gasteiger partial charge is 0.396 e. The number of hydrogen-bond acceptors (Lipinski definition) is 5. The summed E-state index contributed by atoms with van der Waals surface area (Å²) in [5, 5.41) is 13.8. The van der Waals surface area contributed by atoms with Gasteiger partial charge < -0.3 is 10.0 Å². The molecule has 1 aliphatic carbocycles. The number of aryl methyl sites for hydroxylation is 2. The minimum atomic E-state index is -0.0137. The zero-order chi connectivity index (χ0) is 21.4. The zero-order valence-electron chi connectivity index (χ0n) is 17.8. The highest BCUT2D eigenvalue weighted by atomic mass is 16.3. The Morgan fingerprint density at radius 1 is 1.13 bits per heavy atom. The normalized spacial score (nSPS) is 16.5. The smallest absolute Gasteiger partial charge is 0.257 e. The maximum absolute atomic E-state index is 13.1. The summed E-state index contributed by atoms with van der Waals surface area (Å²) in [6.45, 7) is 3.42. The molecular formula is C24H27N5O2. The average molecular weight is 418 g/mol. The Kier molecular flexibility index (Phi) is 5.28. The van der Waals surface area contributed by atoms with E-state index in [4.69, 9.17) is 4.98 Å². The minimum Gasteiger partial charge on any atom is -0.396 e. The monoisotopic (exact) mass is 417 g/mol. The zero-order valence-corrected chi connectivity index (χ0v) is 17.8. The summed E-state index contributed by atoms with van der Waals surface area (Å²) in [5.74, 6) is 0.773. The molecule has 1 N–H and O–H groups in total. The van der Waals surface area contributed by atoms with Crippen molar-refractivity contribution in [3.8, 4) is 17.2 Å². The van der Waals surface area contributed by atoms with Gasteiger partial charge in [-0.05, 0) is 56.1 Å². The number of amides is 1. The molecular weight excluding hydrogens is 390 g/mol. The van der Waals surface area contributed by atoms with Crippen molar-refractivity contribution in [2.75, 3.05) is 19.7 Å². The lowest BCUT2D eigenvalue weighted by molar-refractivity contribution is 0.0650. The number of benzene rings is 1. The Labute approximate surface area is 181 Å². The molecule has 7 heteroatoms. The van der Waals surface area contributed by atoms with Gasteiger partial charge in [0.25, 0.3) is 11.9 Å². The number of aromatic nitrogens is 4. The lowest BCUT2D eigenvalue weighted by Gasteiger charge is -2.31. The lowest BCUT2D eigenvalue weighted by atomic mass is 9.97. The number of nitrogens with zero attached hydrogens (tertiary/aromatic N) is 5. The number of likely N-dealkylation sites (tertiary alicyclic amines) is 1. The van der Waals surface area contributed by atoms with Gasteiger partial charge in [-0.1, -0.05) is 24.3 Å². The van der Waals surface area contributed by atoms with Crippen LogP contribution >= 0.6 is 0 Å². The van der Waals surface area contributed by atoms with Crippen molar-refractivity contribution in [3.63, 3.8) is 0 Å². The van der Waals surface area contributed by atoms with Crippen molar-refractivity contribution < 1.29 is 9.90 Å². The molecule has 0 unspecified atom stereocenters. The molecule has 3 aromatic rings. The maximum atomic E-state index is 13.1. The predicted octanol–water partition coefficient (Wildman–Crippen LogP) is 2.97. The third-order valence-electron chi connectivity index (χ3n) is 6.61. The van der Waals surface area contributed by atoms with Crippen LogP contribution in [0, 0.1) is 12.8 Å². The Bertz CT molecular complexity index is 1110. The van der Waals surface area contributed by atoms with E-state index in [2.05, 4.69) is 28.3 Å². The Hall–Kier alpha value is -3.06. The summed E-state index contributed by atoms with van der Waals surface area (Å²) in [4.78, 5) is 24.4. The minimum absolute atomic E-state index is 0.0137. The van der Waals surface area contributed by atoms with Gasteiger partial charge in [-0.3, -0.25) is 4.79 Å². The van der Waals surface area contributed by atoms with Crippen molar-refractivity contribution in [2.24, 2.45) is 5.92 Å². The molecule has 0 saturated carbocycles. The number of carbonyl (C=O) groups is 1. The van der Waals surface area contributed by atoms with E-state index in [9.17, 15) is 9.90 Å². The molecule has 1 fully saturated rings. The summed E-state index contributed by atoms with van der Waals surface area (Å²) in [6, 6.07) is 8.41. The molecule has 1 saturated heterocycles. The van der Waals surface area contributed by atoms with Gasteiger partial charge >= 0.3 is 0 Å². The van der Waals surface area contributed by atoms with E-state index in [1.54, 1.807) is 10.9 Å². The molecule has 3 heterocycles. The third kappa shape index (κ3) is 3.63. The highest BCUT2D eigenvalue weighted by Gasteiger charge is 2.26. The first kappa shape index (κ1) is 19.9. The molecule has 1 amide bonds. The molecule has 1 aromatic carbocycles. The molecule has 0 spiro atoms. The van der Waals surface area contributed by atoms with Gasteiger partial charge in [0.15, 0.2) is 0 Å². The fraction of sp³-hybridized carbons (Fsp3) is 0.417. The fourth-order valence-corrected chi connectivity index (χ4v) is 4.66. The first-order valence-corrected chi connectivity index (χ1v) is 11.0. The van der Waals surface area contributed by atoms with E-state index >= 15 is 0 Å². The molecule has 160 valence electrons. The van der Waals surface area contributed by atoms with Crippen LogP contribution in [0.25, 0.3) is 17.2 Å². The van der Waals surface area contributed by atoms with Crippen LogP contribution in [0.4, 0.5) is 0 Å². The van der Waals surface area contributed by atoms with Crippen molar-refractivity contribution in [2.45, 2.75) is 39.0 Å². The molecule has 0 bridgehead atoms. The molecule has 0 radical (unpaired) electrons. The number of hydrogen-bond donors (Lipinski definition) is 1. The molecule has 7 nitrogen and oxygen atoms in total. The molecule has 1 aliphatic heterocycles. The average Bonchev–Trinajstić information content (AvgIpc) is 3.10. The lowest BCUT2D eigenvalue weighted by Crippen LogP contribution is -2.39. The van der Waals surface area contributed by atoms with Crippen LogP contribution < -0.4 is 0 Å². The van der Waals surface area contributed by atoms with Crippen LogP contribution in [0.2, 0.25) is 0 Å². The molecule has 2 aliphatic rings. The van der Waals surface area contributed by atoms with E-state index in [1.807, 2.05) is 24.1 Å². The first-order valence-electron chi connectivity index (χ1n) is 11.0. The summed E-state index contributed by atoms with van der Waals surface area (Å²) >= 11 is 0. The van der Waals surface area contributed by atoms with Crippen molar-refractivity contribution in [1.29, 1.82) is 0 Å². The quantitative estimate of drug-likeness (QED) is 0.708. The second kappa shape index (κ2) is 8.23. The van der Waals surface area contributed by atoms with E-state index in [-0.39, 0.29) is 12.5 Å². The van der Waals surface area contributed by atoms with Gasteiger partial charge in [0.05, 0.1) is 23.1 Å². The number of piperidine rings is 1.